The van der Waals surface area contributed by atoms with Crippen molar-refractivity contribution in [3.05, 3.63) is 57.9 Å². The van der Waals surface area contributed by atoms with Gasteiger partial charge < -0.3 is 9.97 Å². The normalized spacial score (nSPS) is 11.5. The van der Waals surface area contributed by atoms with Crippen molar-refractivity contribution in [1.29, 1.82) is 0 Å². The maximum Gasteiger partial charge on any atom is 0.115 e. The minimum atomic E-state index is 0.919. The Balaban J connectivity index is 2.07. The van der Waals surface area contributed by atoms with Gasteiger partial charge in [-0.3, -0.25) is 0 Å². The van der Waals surface area contributed by atoms with Crippen molar-refractivity contribution in [2.24, 2.45) is 0 Å². The SMILES string of the molecule is CCc1c(C)[nH]c(-c2nc3ccccc3nc2-c2[nH]c(C)c(CC)c2C)c1C. The molecular formula is C24H28N4. The number of fused-ring (bicyclic) bond motifs is 1. The maximum absolute atomic E-state index is 5.06. The zero-order valence-corrected chi connectivity index (χ0v) is 17.6. The fraction of sp³-hybridized carbons (Fsp3) is 0.333. The van der Waals surface area contributed by atoms with Gasteiger partial charge in [-0.1, -0.05) is 26.0 Å². The molecule has 0 saturated heterocycles. The lowest BCUT2D eigenvalue weighted by molar-refractivity contribution is 1.08. The number of rotatable bonds is 4. The van der Waals surface area contributed by atoms with E-state index in [0.29, 0.717) is 0 Å². The molecule has 0 fully saturated rings. The number of hydrogen-bond donors (Lipinski definition) is 2. The predicted octanol–water partition coefficient (Wildman–Crippen LogP) is 5.98. The predicted molar refractivity (Wildman–Crippen MR) is 117 cm³/mol. The first kappa shape index (κ1) is 18.5. The van der Waals surface area contributed by atoms with Gasteiger partial charge in [0.2, 0.25) is 0 Å². The molecule has 0 aliphatic rings. The molecule has 4 aromatic rings. The van der Waals surface area contributed by atoms with E-state index in [4.69, 9.17) is 9.97 Å². The van der Waals surface area contributed by atoms with Crippen molar-refractivity contribution in [2.45, 2.75) is 54.4 Å². The maximum atomic E-state index is 5.06. The Bertz CT molecular complexity index is 1080. The van der Waals surface area contributed by atoms with Crippen molar-refractivity contribution in [1.82, 2.24) is 19.9 Å². The Morgan fingerprint density at radius 1 is 0.679 bits per heavy atom. The Kier molecular flexibility index (Phi) is 4.58. The molecule has 28 heavy (non-hydrogen) atoms. The fourth-order valence-corrected chi connectivity index (χ4v) is 4.46. The molecule has 0 saturated carbocycles. The van der Waals surface area contributed by atoms with E-state index in [9.17, 15) is 0 Å². The molecule has 0 amide bonds. The van der Waals surface area contributed by atoms with Crippen LogP contribution < -0.4 is 0 Å². The van der Waals surface area contributed by atoms with Crippen molar-refractivity contribution in [2.75, 3.05) is 0 Å². The van der Waals surface area contributed by atoms with Crippen LogP contribution in [-0.4, -0.2) is 19.9 Å². The van der Waals surface area contributed by atoms with Crippen molar-refractivity contribution < 1.29 is 0 Å². The molecule has 0 spiro atoms. The van der Waals surface area contributed by atoms with Crippen LogP contribution >= 0.6 is 0 Å². The molecule has 3 aromatic heterocycles. The molecule has 0 aliphatic heterocycles. The molecule has 4 rings (SSSR count). The topological polar surface area (TPSA) is 57.4 Å². The number of aryl methyl sites for hydroxylation is 2. The van der Waals surface area contributed by atoms with Gasteiger partial charge in [0.25, 0.3) is 0 Å². The molecule has 0 unspecified atom stereocenters. The van der Waals surface area contributed by atoms with Gasteiger partial charge >= 0.3 is 0 Å². The van der Waals surface area contributed by atoms with Crippen LogP contribution in [0.3, 0.4) is 0 Å². The van der Waals surface area contributed by atoms with Gasteiger partial charge in [-0.25, -0.2) is 9.97 Å². The summed E-state index contributed by atoms with van der Waals surface area (Å²) >= 11 is 0. The second-order valence-corrected chi connectivity index (χ2v) is 7.57. The number of nitrogens with zero attached hydrogens (tertiary/aromatic N) is 2. The summed E-state index contributed by atoms with van der Waals surface area (Å²) in [6.45, 7) is 13.1. The van der Waals surface area contributed by atoms with Gasteiger partial charge in [-0.05, 0) is 74.9 Å². The fourth-order valence-electron chi connectivity index (χ4n) is 4.46. The van der Waals surface area contributed by atoms with Crippen molar-refractivity contribution in [3.8, 4) is 22.8 Å². The number of H-pyrrole nitrogens is 2. The molecule has 0 atom stereocenters. The van der Waals surface area contributed by atoms with E-state index in [-0.39, 0.29) is 0 Å². The summed E-state index contributed by atoms with van der Waals surface area (Å²) in [6, 6.07) is 8.10. The summed E-state index contributed by atoms with van der Waals surface area (Å²) in [5.41, 5.74) is 13.5. The van der Waals surface area contributed by atoms with E-state index in [0.717, 1.165) is 46.7 Å². The van der Waals surface area contributed by atoms with E-state index in [1.54, 1.807) is 0 Å². The standard InChI is InChI=1S/C24H28N4/c1-7-17-13(3)21(25-15(17)5)23-24(22-14(4)18(8-2)16(6)26-22)28-20-12-10-9-11-19(20)27-23/h9-12,25-26H,7-8H2,1-6H3. The molecule has 4 heteroatoms. The van der Waals surface area contributed by atoms with Crippen LogP contribution in [0.5, 0.6) is 0 Å². The third kappa shape index (κ3) is 2.75. The van der Waals surface area contributed by atoms with Crippen LogP contribution in [-0.2, 0) is 12.8 Å². The highest BCUT2D eigenvalue weighted by Gasteiger charge is 2.22. The summed E-state index contributed by atoms with van der Waals surface area (Å²) in [5.74, 6) is 0. The first-order valence-corrected chi connectivity index (χ1v) is 10.1. The molecule has 4 nitrogen and oxygen atoms in total. The number of hydrogen-bond acceptors (Lipinski definition) is 2. The van der Waals surface area contributed by atoms with Gasteiger partial charge in [0.05, 0.1) is 22.4 Å². The third-order valence-electron chi connectivity index (χ3n) is 5.94. The number of aromatic amines is 2. The summed E-state index contributed by atoms with van der Waals surface area (Å²) < 4.78 is 0. The molecular weight excluding hydrogens is 344 g/mol. The molecule has 0 radical (unpaired) electrons. The van der Waals surface area contributed by atoms with E-state index in [2.05, 4.69) is 51.5 Å². The van der Waals surface area contributed by atoms with Crippen LogP contribution in [0.1, 0.15) is 47.5 Å². The first-order valence-electron chi connectivity index (χ1n) is 10.1. The van der Waals surface area contributed by atoms with E-state index in [1.165, 1.54) is 33.6 Å². The lowest BCUT2D eigenvalue weighted by Crippen LogP contribution is -1.98. The Hall–Kier alpha value is -2.88. The molecule has 2 N–H and O–H groups in total. The van der Waals surface area contributed by atoms with Crippen LogP contribution in [0.25, 0.3) is 33.8 Å². The first-order chi connectivity index (χ1) is 13.5. The minimum absolute atomic E-state index is 0.919. The lowest BCUT2D eigenvalue weighted by atomic mass is 10.0. The van der Waals surface area contributed by atoms with Crippen LogP contribution in [0, 0.1) is 27.7 Å². The molecule has 144 valence electrons. The summed E-state index contributed by atoms with van der Waals surface area (Å²) in [7, 11) is 0. The van der Waals surface area contributed by atoms with Gasteiger partial charge in [-0.2, -0.15) is 0 Å². The van der Waals surface area contributed by atoms with E-state index >= 15 is 0 Å². The average molecular weight is 373 g/mol. The smallest absolute Gasteiger partial charge is 0.115 e. The van der Waals surface area contributed by atoms with Gasteiger partial charge in [0.15, 0.2) is 0 Å². The number of benzene rings is 1. The second kappa shape index (κ2) is 6.93. The Morgan fingerprint density at radius 2 is 1.07 bits per heavy atom. The summed E-state index contributed by atoms with van der Waals surface area (Å²) in [6.07, 6.45) is 2.01. The van der Waals surface area contributed by atoms with Crippen molar-refractivity contribution in [3.63, 3.8) is 0 Å². The van der Waals surface area contributed by atoms with E-state index in [1.807, 2.05) is 24.3 Å². The summed E-state index contributed by atoms with van der Waals surface area (Å²) in [4.78, 5) is 17.3. The average Bonchev–Trinajstić information content (AvgIpc) is 3.14. The van der Waals surface area contributed by atoms with Crippen molar-refractivity contribution >= 4 is 11.0 Å². The highest BCUT2D eigenvalue weighted by molar-refractivity contribution is 5.86. The molecule has 0 bridgehead atoms. The lowest BCUT2D eigenvalue weighted by Gasteiger charge is -2.10. The summed E-state index contributed by atoms with van der Waals surface area (Å²) in [5, 5.41) is 0. The molecule has 1 aromatic carbocycles. The highest BCUT2D eigenvalue weighted by atomic mass is 14.9. The quantitative estimate of drug-likeness (QED) is 0.463. The zero-order chi connectivity index (χ0) is 20.0. The van der Waals surface area contributed by atoms with Crippen LogP contribution in [0.2, 0.25) is 0 Å². The number of para-hydroxylation sites is 2. The van der Waals surface area contributed by atoms with Gasteiger partial charge in [0, 0.05) is 11.4 Å². The zero-order valence-electron chi connectivity index (χ0n) is 17.6. The van der Waals surface area contributed by atoms with Gasteiger partial charge in [0.1, 0.15) is 11.4 Å². The molecule has 3 heterocycles. The second-order valence-electron chi connectivity index (χ2n) is 7.57. The minimum Gasteiger partial charge on any atom is -0.357 e. The number of nitrogens with one attached hydrogen (secondary N) is 2. The largest absolute Gasteiger partial charge is 0.357 e. The van der Waals surface area contributed by atoms with Gasteiger partial charge in [-0.15, -0.1) is 0 Å². The Morgan fingerprint density at radius 3 is 1.39 bits per heavy atom. The third-order valence-corrected chi connectivity index (χ3v) is 5.94. The monoisotopic (exact) mass is 372 g/mol. The highest BCUT2D eigenvalue weighted by Crippen LogP contribution is 2.36. The van der Waals surface area contributed by atoms with Crippen LogP contribution in [0.15, 0.2) is 24.3 Å². The van der Waals surface area contributed by atoms with E-state index < -0.39 is 0 Å². The molecule has 0 aliphatic carbocycles. The van der Waals surface area contributed by atoms with Crippen LogP contribution in [0.4, 0.5) is 0 Å². The number of aromatic nitrogens is 4. The Labute approximate surface area is 166 Å².